The highest BCUT2D eigenvalue weighted by Crippen LogP contribution is 2.52. The summed E-state index contributed by atoms with van der Waals surface area (Å²) in [6, 6.07) is 31.5. The topological polar surface area (TPSA) is 51.8 Å². The highest BCUT2D eigenvalue weighted by atomic mass is 16.3. The van der Waals surface area contributed by atoms with Gasteiger partial charge in [0.25, 0.3) is 0 Å². The van der Waals surface area contributed by atoms with Crippen molar-refractivity contribution in [2.45, 2.75) is 32.1 Å². The number of aromatic nitrogens is 3. The smallest absolute Gasteiger partial charge is 0.164 e. The van der Waals surface area contributed by atoms with E-state index in [9.17, 15) is 0 Å². The van der Waals surface area contributed by atoms with Crippen LogP contribution in [-0.4, -0.2) is 15.0 Å². The summed E-state index contributed by atoms with van der Waals surface area (Å²) in [5.74, 6) is 2.31. The van der Waals surface area contributed by atoms with E-state index in [1.807, 2.05) is 42.7 Å². The van der Waals surface area contributed by atoms with Crippen LogP contribution >= 0.6 is 0 Å². The molecule has 4 aliphatic rings. The van der Waals surface area contributed by atoms with Gasteiger partial charge in [-0.25, -0.2) is 15.0 Å². The Balaban J connectivity index is 1.11. The van der Waals surface area contributed by atoms with E-state index >= 15 is 0 Å². The second-order valence-corrected chi connectivity index (χ2v) is 15.6. The van der Waals surface area contributed by atoms with Gasteiger partial charge in [0.05, 0.1) is 6.26 Å². The fourth-order valence-electron chi connectivity index (χ4n) is 9.06. The molecule has 4 aliphatic carbocycles. The van der Waals surface area contributed by atoms with Gasteiger partial charge in [0.1, 0.15) is 5.58 Å². The molecule has 270 valence electrons. The number of hydrogen-bond acceptors (Lipinski definition) is 4. The average Bonchev–Trinajstić information content (AvgIpc) is 3.76. The maximum Gasteiger partial charge on any atom is 0.164 e. The molecule has 2 aromatic heterocycles. The van der Waals surface area contributed by atoms with Crippen molar-refractivity contribution in [3.8, 4) is 45.3 Å². The van der Waals surface area contributed by atoms with Crippen molar-refractivity contribution in [1.82, 2.24) is 15.0 Å². The number of hydrogen-bond donors (Lipinski definition) is 0. The summed E-state index contributed by atoms with van der Waals surface area (Å²) in [5.41, 5.74) is 14.4. The lowest BCUT2D eigenvalue weighted by Crippen LogP contribution is -2.17. The van der Waals surface area contributed by atoms with E-state index in [-0.39, 0.29) is 17.3 Å². The third-order valence-electron chi connectivity index (χ3n) is 11.8. The molecule has 4 nitrogen and oxygen atoms in total. The van der Waals surface area contributed by atoms with Crippen LogP contribution in [0.2, 0.25) is 0 Å². The largest absolute Gasteiger partial charge is 0.464 e. The first-order chi connectivity index (χ1) is 27.4. The molecule has 4 heteroatoms. The molecule has 10 rings (SSSR count). The van der Waals surface area contributed by atoms with Crippen molar-refractivity contribution in [3.05, 3.63) is 204 Å². The number of rotatable bonds is 6. The minimum Gasteiger partial charge on any atom is -0.464 e. The minimum atomic E-state index is -0.232. The summed E-state index contributed by atoms with van der Waals surface area (Å²) < 4.78 is 6.28. The molecule has 6 aromatic rings. The molecule has 0 saturated carbocycles. The summed E-state index contributed by atoms with van der Waals surface area (Å²) in [6.45, 7) is 8.92. The average molecular weight is 724 g/mol. The second-order valence-electron chi connectivity index (χ2n) is 15.6. The molecule has 0 saturated heterocycles. The van der Waals surface area contributed by atoms with Crippen molar-refractivity contribution in [1.29, 1.82) is 0 Å². The molecule has 0 fully saturated rings. The molecule has 0 spiro atoms. The van der Waals surface area contributed by atoms with Crippen LogP contribution in [0, 0.1) is 11.8 Å². The summed E-state index contributed by atoms with van der Waals surface area (Å²) in [5, 5.41) is 0.964. The molecule has 4 bridgehead atoms. The fraction of sp³-hybridized carbons (Fsp3) is 0.135. The van der Waals surface area contributed by atoms with Gasteiger partial charge in [0, 0.05) is 39.0 Å². The van der Waals surface area contributed by atoms with Crippen LogP contribution in [0.15, 0.2) is 191 Å². The van der Waals surface area contributed by atoms with E-state index in [4.69, 9.17) is 19.4 Å². The lowest BCUT2D eigenvalue weighted by molar-refractivity contribution is 0.541. The molecule has 0 aliphatic heterocycles. The Morgan fingerprint density at radius 1 is 0.750 bits per heavy atom. The summed E-state index contributed by atoms with van der Waals surface area (Å²) in [6.07, 6.45) is 28.7. The van der Waals surface area contributed by atoms with E-state index in [1.54, 1.807) is 0 Å². The number of nitrogens with zero attached hydrogens (tertiary/aromatic N) is 3. The molecule has 56 heavy (non-hydrogen) atoms. The van der Waals surface area contributed by atoms with E-state index in [0.29, 0.717) is 17.5 Å². The number of fused-ring (bicyclic) bond motifs is 6. The summed E-state index contributed by atoms with van der Waals surface area (Å²) in [4.78, 5) is 15.7. The Bertz CT molecular complexity index is 2800. The minimum absolute atomic E-state index is 0.148. The first-order valence-corrected chi connectivity index (χ1v) is 19.5. The fourth-order valence-corrected chi connectivity index (χ4v) is 9.06. The van der Waals surface area contributed by atoms with Crippen LogP contribution in [-0.2, 0) is 5.41 Å². The molecular formula is C52H41N3O. The Morgan fingerprint density at radius 3 is 2.38 bits per heavy atom. The van der Waals surface area contributed by atoms with E-state index < -0.39 is 0 Å². The SMILES string of the molecule is C=C/C(=C\c1coc2cccc(-c3nc(-c4ccccc4)nc(-c4cccc5c4C(C)(C)c4ccccc4-5)n3)c12)C1C=CC2=CC1C/C=C1/C=CCC(=C1)C=C2. The van der Waals surface area contributed by atoms with Crippen molar-refractivity contribution < 1.29 is 4.42 Å². The van der Waals surface area contributed by atoms with Crippen molar-refractivity contribution >= 4 is 17.0 Å². The van der Waals surface area contributed by atoms with Gasteiger partial charge in [-0.15, -0.1) is 0 Å². The standard InChI is InChI=1S/C52H41N3O/c1-4-36(40-28-26-35-24-23-33-13-10-14-34(29-33)25-27-38(40)30-35)31-39-32-56-46-22-12-19-43(47(39)46)50-53-49(37-15-6-5-7-16-37)54-51(55-50)44-20-11-18-42-41-17-8-9-21-45(41)52(2,3)48(42)44/h4-12,14-26,28-32,38,40H,1,13,27H2,2-3H3/b24-23?,34-25-,36-31+. The maximum atomic E-state index is 6.28. The zero-order valence-electron chi connectivity index (χ0n) is 31.6. The second kappa shape index (κ2) is 13.6. The van der Waals surface area contributed by atoms with Gasteiger partial charge in [0.15, 0.2) is 17.5 Å². The van der Waals surface area contributed by atoms with Crippen LogP contribution < -0.4 is 0 Å². The zero-order chi connectivity index (χ0) is 37.8. The van der Waals surface area contributed by atoms with E-state index in [1.165, 1.54) is 39.0 Å². The molecule has 2 unspecified atom stereocenters. The van der Waals surface area contributed by atoms with Crippen LogP contribution in [0.5, 0.6) is 0 Å². The van der Waals surface area contributed by atoms with Gasteiger partial charge in [0.2, 0.25) is 0 Å². The van der Waals surface area contributed by atoms with E-state index in [2.05, 4.69) is 142 Å². The number of furan rings is 1. The third-order valence-corrected chi connectivity index (χ3v) is 11.8. The molecule has 2 atom stereocenters. The highest BCUT2D eigenvalue weighted by molar-refractivity contribution is 5.99. The van der Waals surface area contributed by atoms with Gasteiger partial charge < -0.3 is 4.42 Å². The van der Waals surface area contributed by atoms with Crippen LogP contribution in [0.4, 0.5) is 0 Å². The molecule has 4 aromatic carbocycles. The first kappa shape index (κ1) is 33.9. The molecular weight excluding hydrogens is 683 g/mol. The molecule has 0 radical (unpaired) electrons. The van der Waals surface area contributed by atoms with Gasteiger partial charge >= 0.3 is 0 Å². The van der Waals surface area contributed by atoms with Gasteiger partial charge in [-0.1, -0.05) is 166 Å². The van der Waals surface area contributed by atoms with Gasteiger partial charge in [-0.05, 0) is 75.4 Å². The Morgan fingerprint density at radius 2 is 1.50 bits per heavy atom. The Hall–Kier alpha value is -6.65. The van der Waals surface area contributed by atoms with Crippen molar-refractivity contribution in [2.75, 3.05) is 0 Å². The van der Waals surface area contributed by atoms with Crippen LogP contribution in [0.1, 0.15) is 43.4 Å². The van der Waals surface area contributed by atoms with Crippen molar-refractivity contribution in [2.24, 2.45) is 11.8 Å². The Labute approximate surface area is 328 Å². The van der Waals surface area contributed by atoms with Gasteiger partial charge in [-0.2, -0.15) is 0 Å². The normalized spacial score (nSPS) is 20.1. The first-order valence-electron chi connectivity index (χ1n) is 19.5. The Kier molecular flexibility index (Phi) is 8.22. The van der Waals surface area contributed by atoms with Gasteiger partial charge in [-0.3, -0.25) is 0 Å². The van der Waals surface area contributed by atoms with E-state index in [0.717, 1.165) is 51.6 Å². The van der Waals surface area contributed by atoms with Crippen molar-refractivity contribution in [3.63, 3.8) is 0 Å². The van der Waals surface area contributed by atoms with Crippen LogP contribution in [0.3, 0.4) is 0 Å². The van der Waals surface area contributed by atoms with Crippen LogP contribution in [0.25, 0.3) is 62.3 Å². The summed E-state index contributed by atoms with van der Waals surface area (Å²) >= 11 is 0. The summed E-state index contributed by atoms with van der Waals surface area (Å²) in [7, 11) is 0. The lowest BCUT2D eigenvalue weighted by Gasteiger charge is -2.27. The third kappa shape index (κ3) is 5.81. The molecule has 0 amide bonds. The predicted molar refractivity (Wildman–Crippen MR) is 230 cm³/mol. The number of allylic oxidation sites excluding steroid dienone is 14. The highest BCUT2D eigenvalue weighted by Gasteiger charge is 2.38. The maximum absolute atomic E-state index is 6.28. The zero-order valence-corrected chi connectivity index (χ0v) is 31.6. The molecule has 2 heterocycles. The monoisotopic (exact) mass is 723 g/mol. The lowest BCUT2D eigenvalue weighted by atomic mass is 9.77. The predicted octanol–water partition coefficient (Wildman–Crippen LogP) is 13.0. The quantitative estimate of drug-likeness (QED) is 0.161. The number of benzene rings is 4. The molecule has 0 N–H and O–H groups in total.